The highest BCUT2D eigenvalue weighted by Crippen LogP contribution is 2.34. The van der Waals surface area contributed by atoms with Gasteiger partial charge in [-0.3, -0.25) is 0 Å². The Morgan fingerprint density at radius 1 is 1.13 bits per heavy atom. The van der Waals surface area contributed by atoms with Crippen LogP contribution in [0.4, 0.5) is 13.2 Å². The monoisotopic (exact) mass is 359 g/mol. The van der Waals surface area contributed by atoms with Crippen LogP contribution in [0.2, 0.25) is 10.0 Å². The maximum absolute atomic E-state index is 13.0. The molecule has 1 aromatic carbocycles. The number of halogens is 5. The lowest BCUT2D eigenvalue weighted by molar-refractivity contribution is -0.137. The third kappa shape index (κ3) is 2.89. The van der Waals surface area contributed by atoms with Gasteiger partial charge in [0.15, 0.2) is 5.65 Å². The topological polar surface area (TPSA) is 43.3 Å². The third-order valence-corrected chi connectivity index (χ3v) is 3.94. The summed E-state index contributed by atoms with van der Waals surface area (Å²) in [5, 5.41) is 0.457. The summed E-state index contributed by atoms with van der Waals surface area (Å²) in [5.74, 6) is 0. The fourth-order valence-corrected chi connectivity index (χ4v) is 2.72. The van der Waals surface area contributed by atoms with Crippen LogP contribution in [-0.2, 0) is 12.7 Å². The molecule has 8 heteroatoms. The molecule has 3 aromatic rings. The zero-order chi connectivity index (χ0) is 16.8. The van der Waals surface area contributed by atoms with E-state index >= 15 is 0 Å². The van der Waals surface area contributed by atoms with E-state index in [1.165, 1.54) is 4.40 Å². The molecule has 0 saturated heterocycles. The molecule has 0 aliphatic rings. The standard InChI is InChI=1S/C15H10Cl2F3N3/c16-10-3-1-8(2-4-10)13-12(6-21)23-7-9(15(18,19)20)5-11(17)14(23)22-13/h1-5,7H,6,21H2. The molecule has 0 radical (unpaired) electrons. The normalized spacial score (nSPS) is 12.1. The average molecular weight is 360 g/mol. The van der Waals surface area contributed by atoms with E-state index in [0.717, 1.165) is 12.3 Å². The van der Waals surface area contributed by atoms with E-state index in [-0.39, 0.29) is 17.2 Å². The van der Waals surface area contributed by atoms with Crippen molar-refractivity contribution >= 4 is 28.8 Å². The fourth-order valence-electron chi connectivity index (χ4n) is 2.34. The molecule has 0 atom stereocenters. The van der Waals surface area contributed by atoms with Crippen molar-refractivity contribution in [3.63, 3.8) is 0 Å². The number of fused-ring (bicyclic) bond motifs is 1. The minimum atomic E-state index is -4.51. The zero-order valence-electron chi connectivity index (χ0n) is 11.5. The Hall–Kier alpha value is -1.76. The van der Waals surface area contributed by atoms with Gasteiger partial charge < -0.3 is 10.1 Å². The number of nitrogens with two attached hydrogens (primary N) is 1. The zero-order valence-corrected chi connectivity index (χ0v) is 13.0. The average Bonchev–Trinajstić information content (AvgIpc) is 2.86. The van der Waals surface area contributed by atoms with E-state index < -0.39 is 11.7 Å². The quantitative estimate of drug-likeness (QED) is 0.714. The molecule has 0 aliphatic heterocycles. The Morgan fingerprint density at radius 2 is 1.78 bits per heavy atom. The molecular weight excluding hydrogens is 350 g/mol. The number of imidazole rings is 1. The molecule has 23 heavy (non-hydrogen) atoms. The Labute approximate surface area is 139 Å². The van der Waals surface area contributed by atoms with Crippen LogP contribution >= 0.6 is 23.2 Å². The lowest BCUT2D eigenvalue weighted by Crippen LogP contribution is -2.09. The van der Waals surface area contributed by atoms with Crippen molar-refractivity contribution in [3.05, 3.63) is 57.8 Å². The van der Waals surface area contributed by atoms with E-state index in [1.54, 1.807) is 24.3 Å². The lowest BCUT2D eigenvalue weighted by Gasteiger charge is -2.09. The van der Waals surface area contributed by atoms with Crippen LogP contribution in [0.3, 0.4) is 0 Å². The van der Waals surface area contributed by atoms with Crippen LogP contribution in [-0.4, -0.2) is 9.38 Å². The van der Waals surface area contributed by atoms with Gasteiger partial charge in [-0.2, -0.15) is 13.2 Å². The minimum Gasteiger partial charge on any atom is -0.325 e. The van der Waals surface area contributed by atoms with Gasteiger partial charge in [0.2, 0.25) is 0 Å². The molecule has 3 rings (SSSR count). The first kappa shape index (κ1) is 16.1. The van der Waals surface area contributed by atoms with E-state index in [1.807, 2.05) is 0 Å². The first-order valence-corrected chi connectivity index (χ1v) is 7.30. The molecule has 0 amide bonds. The maximum atomic E-state index is 13.0. The van der Waals surface area contributed by atoms with Crippen LogP contribution < -0.4 is 5.73 Å². The Bertz CT molecular complexity index is 870. The summed E-state index contributed by atoms with van der Waals surface area (Å²) in [5.41, 5.74) is 6.71. The van der Waals surface area contributed by atoms with E-state index in [9.17, 15) is 13.2 Å². The molecule has 2 aromatic heterocycles. The Balaban J connectivity index is 2.29. The molecule has 0 fully saturated rings. The summed E-state index contributed by atoms with van der Waals surface area (Å²) >= 11 is 11.8. The first-order valence-electron chi connectivity index (χ1n) is 6.55. The minimum absolute atomic E-state index is 0.0107. The van der Waals surface area contributed by atoms with E-state index in [2.05, 4.69) is 4.98 Å². The van der Waals surface area contributed by atoms with Gasteiger partial charge in [0.05, 0.1) is 22.0 Å². The van der Waals surface area contributed by atoms with Crippen LogP contribution in [0, 0.1) is 0 Å². The number of hydrogen-bond donors (Lipinski definition) is 1. The summed E-state index contributed by atoms with van der Waals surface area (Å²) < 4.78 is 40.2. The second-order valence-corrected chi connectivity index (χ2v) is 5.73. The molecule has 0 saturated carbocycles. The van der Waals surface area contributed by atoms with Gasteiger partial charge in [-0.1, -0.05) is 35.3 Å². The van der Waals surface area contributed by atoms with Gasteiger partial charge in [0.25, 0.3) is 0 Å². The van der Waals surface area contributed by atoms with Crippen molar-refractivity contribution in [2.45, 2.75) is 12.7 Å². The lowest BCUT2D eigenvalue weighted by atomic mass is 10.1. The van der Waals surface area contributed by atoms with Gasteiger partial charge in [0, 0.05) is 23.3 Å². The predicted molar refractivity (Wildman–Crippen MR) is 83.5 cm³/mol. The molecule has 3 nitrogen and oxygen atoms in total. The number of benzene rings is 1. The highest BCUT2D eigenvalue weighted by Gasteiger charge is 2.32. The first-order chi connectivity index (χ1) is 10.8. The van der Waals surface area contributed by atoms with Crippen molar-refractivity contribution in [2.75, 3.05) is 0 Å². The van der Waals surface area contributed by atoms with Gasteiger partial charge >= 0.3 is 6.18 Å². The number of rotatable bonds is 2. The second-order valence-electron chi connectivity index (χ2n) is 4.89. The predicted octanol–water partition coefficient (Wildman–Crippen LogP) is 4.79. The van der Waals surface area contributed by atoms with Crippen LogP contribution in [0.5, 0.6) is 0 Å². The highest BCUT2D eigenvalue weighted by atomic mass is 35.5. The molecule has 2 heterocycles. The SMILES string of the molecule is NCc1c(-c2ccc(Cl)cc2)nc2c(Cl)cc(C(F)(F)F)cn12. The van der Waals surface area contributed by atoms with Crippen molar-refractivity contribution in [2.24, 2.45) is 5.73 Å². The van der Waals surface area contributed by atoms with Gasteiger partial charge in [-0.25, -0.2) is 4.98 Å². The van der Waals surface area contributed by atoms with Gasteiger partial charge in [-0.15, -0.1) is 0 Å². The smallest absolute Gasteiger partial charge is 0.325 e. The van der Waals surface area contributed by atoms with E-state index in [4.69, 9.17) is 28.9 Å². The molecule has 2 N–H and O–H groups in total. The number of aromatic nitrogens is 2. The van der Waals surface area contributed by atoms with Crippen molar-refractivity contribution < 1.29 is 13.2 Å². The van der Waals surface area contributed by atoms with Crippen LogP contribution in [0.25, 0.3) is 16.9 Å². The Morgan fingerprint density at radius 3 is 2.35 bits per heavy atom. The van der Waals surface area contributed by atoms with Crippen LogP contribution in [0.15, 0.2) is 36.5 Å². The summed E-state index contributed by atoms with van der Waals surface area (Å²) in [6.07, 6.45) is -3.55. The Kier molecular flexibility index (Phi) is 4.00. The summed E-state index contributed by atoms with van der Waals surface area (Å²) in [6.45, 7) is 0.0107. The largest absolute Gasteiger partial charge is 0.417 e. The second kappa shape index (κ2) is 5.70. The van der Waals surface area contributed by atoms with Crippen molar-refractivity contribution in [3.8, 4) is 11.3 Å². The molecule has 120 valence electrons. The fraction of sp³-hybridized carbons (Fsp3) is 0.133. The number of hydrogen-bond acceptors (Lipinski definition) is 2. The maximum Gasteiger partial charge on any atom is 0.417 e. The molecular formula is C15H10Cl2F3N3. The third-order valence-electron chi connectivity index (χ3n) is 3.41. The number of nitrogens with zero attached hydrogens (tertiary/aromatic N) is 2. The summed E-state index contributed by atoms with van der Waals surface area (Å²) in [4.78, 5) is 4.35. The van der Waals surface area contributed by atoms with Crippen LogP contribution in [0.1, 0.15) is 11.3 Å². The molecule has 0 unspecified atom stereocenters. The van der Waals surface area contributed by atoms with Crippen molar-refractivity contribution in [1.82, 2.24) is 9.38 Å². The number of pyridine rings is 1. The molecule has 0 bridgehead atoms. The number of alkyl halides is 3. The molecule has 0 spiro atoms. The highest BCUT2D eigenvalue weighted by molar-refractivity contribution is 6.33. The van der Waals surface area contributed by atoms with E-state index in [0.29, 0.717) is 22.0 Å². The van der Waals surface area contributed by atoms with Gasteiger partial charge in [-0.05, 0) is 18.2 Å². The van der Waals surface area contributed by atoms with Crippen molar-refractivity contribution in [1.29, 1.82) is 0 Å². The van der Waals surface area contributed by atoms with Gasteiger partial charge in [0.1, 0.15) is 0 Å². The molecule has 0 aliphatic carbocycles. The summed E-state index contributed by atoms with van der Waals surface area (Å²) in [7, 11) is 0. The summed E-state index contributed by atoms with van der Waals surface area (Å²) in [6, 6.07) is 7.65.